The summed E-state index contributed by atoms with van der Waals surface area (Å²) in [5.74, 6) is 0. The van der Waals surface area contributed by atoms with E-state index in [2.05, 4.69) is 4.98 Å². The summed E-state index contributed by atoms with van der Waals surface area (Å²) in [5, 5.41) is 0.498. The molecule has 1 aromatic carbocycles. The molecule has 0 amide bonds. The van der Waals surface area contributed by atoms with Crippen molar-refractivity contribution in [3.63, 3.8) is 0 Å². The summed E-state index contributed by atoms with van der Waals surface area (Å²) >= 11 is 5.96. The summed E-state index contributed by atoms with van der Waals surface area (Å²) in [6.07, 6.45) is 1.66. The normalized spacial score (nSPS) is 10.1. The highest BCUT2D eigenvalue weighted by Gasteiger charge is 2.02. The van der Waals surface area contributed by atoms with Crippen LogP contribution in [0.2, 0.25) is 5.15 Å². The van der Waals surface area contributed by atoms with Crippen LogP contribution in [0.1, 0.15) is 0 Å². The number of halogens is 1. The standard InChI is InChI=1S/C11H9ClN2/c12-11-10(5-2-6-14-11)8-3-1-4-9(13)7-8/h1-7H,13H2. The van der Waals surface area contributed by atoms with Gasteiger partial charge < -0.3 is 5.73 Å². The Kier molecular flexibility index (Phi) is 2.37. The lowest BCUT2D eigenvalue weighted by molar-refractivity contribution is 1.33. The quantitative estimate of drug-likeness (QED) is 0.573. The highest BCUT2D eigenvalue weighted by Crippen LogP contribution is 2.26. The van der Waals surface area contributed by atoms with E-state index in [9.17, 15) is 0 Å². The zero-order valence-electron chi connectivity index (χ0n) is 7.44. The van der Waals surface area contributed by atoms with Crippen LogP contribution in [0.3, 0.4) is 0 Å². The van der Waals surface area contributed by atoms with Crippen LogP contribution < -0.4 is 5.73 Å². The molecule has 3 heteroatoms. The Bertz CT molecular complexity index is 455. The molecule has 0 atom stereocenters. The molecule has 1 aromatic heterocycles. The number of nitrogens with two attached hydrogens (primary N) is 1. The minimum absolute atomic E-state index is 0.498. The molecule has 0 bridgehead atoms. The van der Waals surface area contributed by atoms with Crippen molar-refractivity contribution in [1.82, 2.24) is 4.98 Å². The molecule has 0 unspecified atom stereocenters. The van der Waals surface area contributed by atoms with Gasteiger partial charge in [0, 0.05) is 17.4 Å². The fourth-order valence-electron chi connectivity index (χ4n) is 1.31. The lowest BCUT2D eigenvalue weighted by Gasteiger charge is -2.03. The van der Waals surface area contributed by atoms with Gasteiger partial charge in [0.05, 0.1) is 0 Å². The SMILES string of the molecule is Nc1cccc(-c2cccnc2Cl)c1. The van der Waals surface area contributed by atoms with E-state index in [-0.39, 0.29) is 0 Å². The monoisotopic (exact) mass is 204 g/mol. The second kappa shape index (κ2) is 3.68. The number of hydrogen-bond donors (Lipinski definition) is 1. The fraction of sp³-hybridized carbons (Fsp3) is 0. The minimum atomic E-state index is 0.498. The van der Waals surface area contributed by atoms with Crippen molar-refractivity contribution in [3.8, 4) is 11.1 Å². The fourth-order valence-corrected chi connectivity index (χ4v) is 1.54. The number of rotatable bonds is 1. The first-order valence-corrected chi connectivity index (χ1v) is 4.61. The van der Waals surface area contributed by atoms with Gasteiger partial charge in [0.15, 0.2) is 0 Å². The van der Waals surface area contributed by atoms with Crippen LogP contribution in [0.25, 0.3) is 11.1 Å². The van der Waals surface area contributed by atoms with Crippen molar-refractivity contribution in [2.45, 2.75) is 0 Å². The summed E-state index contributed by atoms with van der Waals surface area (Å²) in [4.78, 5) is 4.01. The Morgan fingerprint density at radius 3 is 2.71 bits per heavy atom. The predicted octanol–water partition coefficient (Wildman–Crippen LogP) is 2.98. The van der Waals surface area contributed by atoms with E-state index < -0.39 is 0 Å². The second-order valence-electron chi connectivity index (χ2n) is 2.97. The highest BCUT2D eigenvalue weighted by molar-refractivity contribution is 6.32. The van der Waals surface area contributed by atoms with Crippen LogP contribution in [-0.4, -0.2) is 4.98 Å². The molecule has 70 valence electrons. The molecule has 2 N–H and O–H groups in total. The van der Waals surface area contributed by atoms with Crippen molar-refractivity contribution in [3.05, 3.63) is 47.7 Å². The van der Waals surface area contributed by atoms with Crippen molar-refractivity contribution in [2.75, 3.05) is 5.73 Å². The summed E-state index contributed by atoms with van der Waals surface area (Å²) < 4.78 is 0. The molecule has 0 saturated carbocycles. The molecule has 0 fully saturated rings. The number of benzene rings is 1. The van der Waals surface area contributed by atoms with Gasteiger partial charge in [0.25, 0.3) is 0 Å². The van der Waals surface area contributed by atoms with E-state index >= 15 is 0 Å². The molecular weight excluding hydrogens is 196 g/mol. The van der Waals surface area contributed by atoms with Crippen LogP contribution >= 0.6 is 11.6 Å². The number of nitrogen functional groups attached to an aromatic ring is 1. The number of hydrogen-bond acceptors (Lipinski definition) is 2. The largest absolute Gasteiger partial charge is 0.399 e. The third kappa shape index (κ3) is 1.70. The number of aromatic nitrogens is 1. The number of anilines is 1. The van der Waals surface area contributed by atoms with E-state index in [1.54, 1.807) is 6.20 Å². The molecule has 14 heavy (non-hydrogen) atoms. The first-order valence-electron chi connectivity index (χ1n) is 4.24. The van der Waals surface area contributed by atoms with Crippen molar-refractivity contribution >= 4 is 17.3 Å². The maximum atomic E-state index is 5.96. The van der Waals surface area contributed by atoms with Gasteiger partial charge in [-0.2, -0.15) is 0 Å². The number of pyridine rings is 1. The average molecular weight is 205 g/mol. The van der Waals surface area contributed by atoms with Gasteiger partial charge in [-0.25, -0.2) is 4.98 Å². The van der Waals surface area contributed by atoms with E-state index in [4.69, 9.17) is 17.3 Å². The molecule has 1 heterocycles. The van der Waals surface area contributed by atoms with E-state index in [1.807, 2.05) is 36.4 Å². The number of nitrogens with zero attached hydrogens (tertiary/aromatic N) is 1. The molecule has 2 aromatic rings. The van der Waals surface area contributed by atoms with Gasteiger partial charge >= 0.3 is 0 Å². The molecule has 0 spiro atoms. The first-order chi connectivity index (χ1) is 6.77. The molecule has 2 rings (SSSR count). The molecular formula is C11H9ClN2. The van der Waals surface area contributed by atoms with Gasteiger partial charge in [0.1, 0.15) is 5.15 Å². The van der Waals surface area contributed by atoms with Crippen LogP contribution in [0.15, 0.2) is 42.6 Å². The first kappa shape index (κ1) is 9.03. The Morgan fingerprint density at radius 2 is 2.00 bits per heavy atom. The summed E-state index contributed by atoms with van der Waals surface area (Å²) in [7, 11) is 0. The Balaban J connectivity index is 2.55. The van der Waals surface area contributed by atoms with Gasteiger partial charge in [0.2, 0.25) is 0 Å². The van der Waals surface area contributed by atoms with Gasteiger partial charge in [-0.05, 0) is 29.8 Å². The van der Waals surface area contributed by atoms with Gasteiger partial charge in [-0.15, -0.1) is 0 Å². The molecule has 0 aliphatic rings. The summed E-state index contributed by atoms with van der Waals surface area (Å²) in [6, 6.07) is 11.3. The van der Waals surface area contributed by atoms with Crippen LogP contribution in [0.4, 0.5) is 5.69 Å². The second-order valence-corrected chi connectivity index (χ2v) is 3.33. The highest BCUT2D eigenvalue weighted by atomic mass is 35.5. The summed E-state index contributed by atoms with van der Waals surface area (Å²) in [5.41, 5.74) is 8.30. The lowest BCUT2D eigenvalue weighted by Crippen LogP contribution is -1.86. The maximum absolute atomic E-state index is 5.96. The molecule has 2 nitrogen and oxygen atoms in total. The maximum Gasteiger partial charge on any atom is 0.136 e. The molecule has 0 saturated heterocycles. The lowest BCUT2D eigenvalue weighted by atomic mass is 10.1. The third-order valence-corrected chi connectivity index (χ3v) is 2.26. The Labute approximate surface area is 87.4 Å². The third-order valence-electron chi connectivity index (χ3n) is 1.96. The smallest absolute Gasteiger partial charge is 0.136 e. The van der Waals surface area contributed by atoms with Gasteiger partial charge in [-0.3, -0.25) is 0 Å². The van der Waals surface area contributed by atoms with Crippen LogP contribution in [0, 0.1) is 0 Å². The van der Waals surface area contributed by atoms with E-state index in [1.165, 1.54) is 0 Å². The Morgan fingerprint density at radius 1 is 1.14 bits per heavy atom. The predicted molar refractivity (Wildman–Crippen MR) is 59.1 cm³/mol. The average Bonchev–Trinajstić information content (AvgIpc) is 2.18. The van der Waals surface area contributed by atoms with Crippen molar-refractivity contribution in [2.24, 2.45) is 0 Å². The minimum Gasteiger partial charge on any atom is -0.399 e. The molecule has 0 aliphatic carbocycles. The summed E-state index contributed by atoms with van der Waals surface area (Å²) in [6.45, 7) is 0. The van der Waals surface area contributed by atoms with Crippen LogP contribution in [-0.2, 0) is 0 Å². The molecule has 0 radical (unpaired) electrons. The molecule has 0 aliphatic heterocycles. The zero-order valence-corrected chi connectivity index (χ0v) is 8.20. The van der Waals surface area contributed by atoms with Crippen molar-refractivity contribution in [1.29, 1.82) is 0 Å². The van der Waals surface area contributed by atoms with Crippen LogP contribution in [0.5, 0.6) is 0 Å². The zero-order chi connectivity index (χ0) is 9.97. The van der Waals surface area contributed by atoms with Gasteiger partial charge in [-0.1, -0.05) is 23.7 Å². The van der Waals surface area contributed by atoms with E-state index in [0.717, 1.165) is 16.8 Å². The Hall–Kier alpha value is -1.54. The van der Waals surface area contributed by atoms with E-state index in [0.29, 0.717) is 5.15 Å². The van der Waals surface area contributed by atoms with Crippen molar-refractivity contribution < 1.29 is 0 Å². The topological polar surface area (TPSA) is 38.9 Å².